The van der Waals surface area contributed by atoms with Gasteiger partial charge < -0.3 is 4.90 Å². The van der Waals surface area contributed by atoms with Gasteiger partial charge in [-0.25, -0.2) is 16.1 Å². The molecule has 1 aromatic rings. The van der Waals surface area contributed by atoms with Crippen LogP contribution in [-0.4, -0.2) is 37.1 Å². The van der Waals surface area contributed by atoms with Crippen LogP contribution in [-0.2, 0) is 0 Å². The summed E-state index contributed by atoms with van der Waals surface area (Å²) in [4.78, 5) is 13.3. The minimum atomic E-state index is -0.428. The molecule has 1 aromatic carbocycles. The van der Waals surface area contributed by atoms with E-state index >= 15 is 0 Å². The second-order valence-electron chi connectivity index (χ2n) is 5.55. The van der Waals surface area contributed by atoms with E-state index in [9.17, 15) is 4.79 Å². The number of carbonyl (C=O) groups excluding carboxylic acids is 1. The van der Waals surface area contributed by atoms with Crippen LogP contribution in [0.1, 0.15) is 30.7 Å². The molecule has 6 nitrogen and oxygen atoms in total. The molecule has 2 rings (SSSR count). The standard InChI is InChI=1S/C15H24ClN5O/c16-14-4-1-3-13(11-14)12-5-9-21(10-6-12)8-2-7-18-20-15(22)19-17/h1,3-4,11-12,18H,2,5-10,17H2,(H2,19,20,22). The number of rotatable bonds is 6. The Balaban J connectivity index is 1.62. The molecule has 5 N–H and O–H groups in total. The Morgan fingerprint density at radius 2 is 2.14 bits per heavy atom. The number of benzene rings is 1. The highest BCUT2D eigenvalue weighted by molar-refractivity contribution is 6.30. The van der Waals surface area contributed by atoms with Gasteiger partial charge in [-0.3, -0.25) is 10.9 Å². The average molecular weight is 326 g/mol. The molecule has 0 radical (unpaired) electrons. The van der Waals surface area contributed by atoms with Crippen LogP contribution in [0.5, 0.6) is 0 Å². The lowest BCUT2D eigenvalue weighted by atomic mass is 9.89. The third-order valence-corrected chi connectivity index (χ3v) is 4.25. The fraction of sp³-hybridized carbons (Fsp3) is 0.533. The molecule has 2 amide bonds. The Morgan fingerprint density at radius 1 is 1.36 bits per heavy atom. The van der Waals surface area contributed by atoms with Gasteiger partial charge >= 0.3 is 6.03 Å². The molecule has 22 heavy (non-hydrogen) atoms. The number of hydrazine groups is 2. The second kappa shape index (κ2) is 8.95. The lowest BCUT2D eigenvalue weighted by Gasteiger charge is -2.32. The molecule has 1 heterocycles. The number of nitrogens with zero attached hydrogens (tertiary/aromatic N) is 1. The van der Waals surface area contributed by atoms with E-state index in [1.807, 2.05) is 17.6 Å². The smallest absolute Gasteiger partial charge is 0.303 e. The first-order valence-corrected chi connectivity index (χ1v) is 8.04. The number of urea groups is 1. The number of amides is 2. The summed E-state index contributed by atoms with van der Waals surface area (Å²) in [7, 11) is 0. The van der Waals surface area contributed by atoms with Gasteiger partial charge in [-0.2, -0.15) is 0 Å². The molecule has 0 bridgehead atoms. The maximum Gasteiger partial charge on any atom is 0.343 e. The monoisotopic (exact) mass is 325 g/mol. The molecular formula is C15H24ClN5O. The van der Waals surface area contributed by atoms with Crippen LogP contribution in [0.15, 0.2) is 24.3 Å². The molecule has 1 aliphatic rings. The Kier molecular flexibility index (Phi) is 6.92. The first kappa shape index (κ1) is 17.0. The lowest BCUT2D eigenvalue weighted by molar-refractivity contribution is 0.208. The van der Waals surface area contributed by atoms with E-state index < -0.39 is 6.03 Å². The van der Waals surface area contributed by atoms with Gasteiger partial charge in [-0.1, -0.05) is 23.7 Å². The predicted molar refractivity (Wildman–Crippen MR) is 88.3 cm³/mol. The van der Waals surface area contributed by atoms with Crippen molar-refractivity contribution >= 4 is 17.6 Å². The highest BCUT2D eigenvalue weighted by atomic mass is 35.5. The van der Waals surface area contributed by atoms with Crippen LogP contribution in [0.2, 0.25) is 5.02 Å². The van der Waals surface area contributed by atoms with Gasteiger partial charge in [0.25, 0.3) is 0 Å². The Bertz CT molecular complexity index is 477. The van der Waals surface area contributed by atoms with Crippen molar-refractivity contribution in [2.24, 2.45) is 5.84 Å². The molecule has 1 fully saturated rings. The molecule has 1 saturated heterocycles. The van der Waals surface area contributed by atoms with E-state index in [0.29, 0.717) is 5.92 Å². The van der Waals surface area contributed by atoms with Gasteiger partial charge in [-0.05, 0) is 62.5 Å². The molecule has 0 atom stereocenters. The zero-order valence-corrected chi connectivity index (χ0v) is 13.4. The number of nitrogens with one attached hydrogen (secondary N) is 3. The minimum absolute atomic E-state index is 0.428. The van der Waals surface area contributed by atoms with Crippen molar-refractivity contribution in [3.05, 3.63) is 34.9 Å². The highest BCUT2D eigenvalue weighted by Crippen LogP contribution is 2.29. The topological polar surface area (TPSA) is 82.4 Å². The maximum absolute atomic E-state index is 10.8. The molecule has 0 aromatic heterocycles. The summed E-state index contributed by atoms with van der Waals surface area (Å²) >= 11 is 6.06. The van der Waals surface area contributed by atoms with Crippen LogP contribution in [0.25, 0.3) is 0 Å². The van der Waals surface area contributed by atoms with Gasteiger partial charge in [-0.15, -0.1) is 0 Å². The van der Waals surface area contributed by atoms with Crippen LogP contribution in [0, 0.1) is 0 Å². The van der Waals surface area contributed by atoms with Crippen molar-refractivity contribution in [2.45, 2.75) is 25.2 Å². The fourth-order valence-corrected chi connectivity index (χ4v) is 3.02. The van der Waals surface area contributed by atoms with E-state index in [2.05, 4.69) is 27.9 Å². The zero-order chi connectivity index (χ0) is 15.8. The van der Waals surface area contributed by atoms with Gasteiger partial charge in [0.15, 0.2) is 0 Å². The number of nitrogens with two attached hydrogens (primary N) is 1. The second-order valence-corrected chi connectivity index (χ2v) is 5.99. The first-order valence-electron chi connectivity index (χ1n) is 7.66. The van der Waals surface area contributed by atoms with Crippen molar-refractivity contribution < 1.29 is 4.79 Å². The largest absolute Gasteiger partial charge is 0.343 e. The van der Waals surface area contributed by atoms with E-state index in [4.69, 9.17) is 17.4 Å². The van der Waals surface area contributed by atoms with Crippen molar-refractivity contribution in [3.63, 3.8) is 0 Å². The molecule has 0 aliphatic carbocycles. The summed E-state index contributed by atoms with van der Waals surface area (Å²) in [5.74, 6) is 5.57. The van der Waals surface area contributed by atoms with Crippen molar-refractivity contribution in [2.75, 3.05) is 26.2 Å². The van der Waals surface area contributed by atoms with E-state index in [-0.39, 0.29) is 0 Å². The Hall–Kier alpha value is -1.34. The number of halogens is 1. The third kappa shape index (κ3) is 5.46. The van der Waals surface area contributed by atoms with Crippen LogP contribution < -0.4 is 22.1 Å². The Morgan fingerprint density at radius 3 is 2.82 bits per heavy atom. The normalized spacial score (nSPS) is 16.5. The van der Waals surface area contributed by atoms with Gasteiger partial charge in [0, 0.05) is 11.6 Å². The summed E-state index contributed by atoms with van der Waals surface area (Å²) in [6.45, 7) is 3.96. The average Bonchev–Trinajstić information content (AvgIpc) is 2.55. The third-order valence-electron chi connectivity index (χ3n) is 4.02. The number of carbonyl (C=O) groups is 1. The van der Waals surface area contributed by atoms with E-state index in [1.165, 1.54) is 18.4 Å². The van der Waals surface area contributed by atoms with Crippen LogP contribution in [0.3, 0.4) is 0 Å². The SMILES string of the molecule is NNC(=O)NNCCCN1CCC(c2cccc(Cl)c2)CC1. The predicted octanol–water partition coefficient (Wildman–Crippen LogP) is 1.59. The van der Waals surface area contributed by atoms with E-state index in [0.717, 1.165) is 37.6 Å². The van der Waals surface area contributed by atoms with Crippen LogP contribution >= 0.6 is 11.6 Å². The number of hydrogen-bond donors (Lipinski definition) is 4. The van der Waals surface area contributed by atoms with Gasteiger partial charge in [0.1, 0.15) is 0 Å². The number of piperidine rings is 1. The first-order chi connectivity index (χ1) is 10.7. The van der Waals surface area contributed by atoms with Gasteiger partial charge in [0.2, 0.25) is 0 Å². The summed E-state index contributed by atoms with van der Waals surface area (Å²) in [5, 5.41) is 0.819. The molecular weight excluding hydrogens is 302 g/mol. The lowest BCUT2D eigenvalue weighted by Crippen LogP contribution is -2.47. The molecule has 122 valence electrons. The summed E-state index contributed by atoms with van der Waals surface area (Å²) in [5.41, 5.74) is 8.63. The molecule has 0 spiro atoms. The summed E-state index contributed by atoms with van der Waals surface area (Å²) < 4.78 is 0. The fourth-order valence-electron chi connectivity index (χ4n) is 2.82. The van der Waals surface area contributed by atoms with Crippen molar-refractivity contribution in [3.8, 4) is 0 Å². The van der Waals surface area contributed by atoms with Crippen molar-refractivity contribution in [1.29, 1.82) is 0 Å². The Labute approximate surface area is 136 Å². The molecule has 7 heteroatoms. The maximum atomic E-state index is 10.8. The minimum Gasteiger partial charge on any atom is -0.303 e. The quantitative estimate of drug-likeness (QED) is 0.277. The summed E-state index contributed by atoms with van der Waals surface area (Å²) in [6.07, 6.45) is 3.32. The van der Waals surface area contributed by atoms with E-state index in [1.54, 1.807) is 0 Å². The number of likely N-dealkylation sites (tertiary alicyclic amines) is 1. The zero-order valence-electron chi connectivity index (χ0n) is 12.6. The van der Waals surface area contributed by atoms with Gasteiger partial charge in [0.05, 0.1) is 0 Å². The highest BCUT2D eigenvalue weighted by Gasteiger charge is 2.20. The summed E-state index contributed by atoms with van der Waals surface area (Å²) in [6, 6.07) is 7.78. The molecule has 1 aliphatic heterocycles. The number of hydrogen-bond acceptors (Lipinski definition) is 4. The molecule has 0 unspecified atom stereocenters. The molecule has 0 saturated carbocycles. The van der Waals surface area contributed by atoms with Crippen molar-refractivity contribution in [1.82, 2.24) is 21.2 Å². The van der Waals surface area contributed by atoms with Crippen LogP contribution in [0.4, 0.5) is 4.79 Å².